The Morgan fingerprint density at radius 3 is 2.47 bits per heavy atom. The van der Waals surface area contributed by atoms with Gasteiger partial charge in [0.15, 0.2) is 0 Å². The lowest BCUT2D eigenvalue weighted by atomic mass is 10.1. The van der Waals surface area contributed by atoms with Crippen LogP contribution in [0.15, 0.2) is 30.0 Å². The molecule has 3 heteroatoms. The minimum Gasteiger partial charge on any atom is -0.323 e. The molecule has 17 heavy (non-hydrogen) atoms. The van der Waals surface area contributed by atoms with Crippen molar-refractivity contribution in [3.05, 3.63) is 41.1 Å². The molecule has 0 unspecified atom stereocenters. The van der Waals surface area contributed by atoms with E-state index in [0.717, 1.165) is 17.6 Å². The molecule has 3 nitrogen and oxygen atoms in total. The minimum absolute atomic E-state index is 0.0810. The van der Waals surface area contributed by atoms with Gasteiger partial charge in [-0.1, -0.05) is 31.2 Å². The van der Waals surface area contributed by atoms with Gasteiger partial charge in [0.05, 0.1) is 5.70 Å². The molecule has 0 spiro atoms. The van der Waals surface area contributed by atoms with Gasteiger partial charge in [-0.2, -0.15) is 0 Å². The Hall–Kier alpha value is -1.90. The molecule has 1 N–H and O–H groups in total. The van der Waals surface area contributed by atoms with Crippen LogP contribution in [0, 0.1) is 0 Å². The molecule has 1 aromatic rings. The number of amides is 1. The van der Waals surface area contributed by atoms with Gasteiger partial charge in [0.25, 0.3) is 0 Å². The zero-order chi connectivity index (χ0) is 12.4. The maximum atomic E-state index is 12.1. The first-order valence-corrected chi connectivity index (χ1v) is 5.80. The molecular formula is C14H15NO2. The fourth-order valence-corrected chi connectivity index (χ4v) is 2.03. The number of hydrogen-bond donors (Lipinski definition) is 1. The van der Waals surface area contributed by atoms with Gasteiger partial charge in [0.1, 0.15) is 0 Å². The molecule has 0 radical (unpaired) electrons. The van der Waals surface area contributed by atoms with Gasteiger partial charge < -0.3 is 5.32 Å². The van der Waals surface area contributed by atoms with Gasteiger partial charge in [0, 0.05) is 12.0 Å². The summed E-state index contributed by atoms with van der Waals surface area (Å²) >= 11 is 0. The summed E-state index contributed by atoms with van der Waals surface area (Å²) in [4.78, 5) is 23.6. The largest absolute Gasteiger partial charge is 0.323 e. The van der Waals surface area contributed by atoms with Crippen molar-refractivity contribution >= 4 is 17.3 Å². The van der Waals surface area contributed by atoms with E-state index in [-0.39, 0.29) is 11.7 Å². The molecule has 0 fully saturated rings. The number of rotatable bonds is 3. The Morgan fingerprint density at radius 2 is 1.88 bits per heavy atom. The Kier molecular flexibility index (Phi) is 3.09. The summed E-state index contributed by atoms with van der Waals surface area (Å²) in [5.41, 5.74) is 2.89. The van der Waals surface area contributed by atoms with E-state index in [9.17, 15) is 9.59 Å². The first kappa shape index (κ1) is 11.6. The summed E-state index contributed by atoms with van der Waals surface area (Å²) in [7, 11) is 0. The van der Waals surface area contributed by atoms with E-state index in [4.69, 9.17) is 0 Å². The number of benzene rings is 1. The number of carbonyl (C=O) groups excluding carboxylic acids is 2. The molecule has 0 aliphatic heterocycles. The second-order valence-electron chi connectivity index (χ2n) is 4.17. The third-order valence-corrected chi connectivity index (χ3v) is 2.92. The highest BCUT2D eigenvalue weighted by Gasteiger charge is 2.27. The van der Waals surface area contributed by atoms with Crippen LogP contribution in [0.2, 0.25) is 0 Å². The van der Waals surface area contributed by atoms with Crippen molar-refractivity contribution in [2.24, 2.45) is 0 Å². The molecule has 0 heterocycles. The second kappa shape index (κ2) is 4.53. The first-order valence-electron chi connectivity index (χ1n) is 5.80. The van der Waals surface area contributed by atoms with Crippen molar-refractivity contribution in [2.45, 2.75) is 26.7 Å². The lowest BCUT2D eigenvalue weighted by Crippen LogP contribution is -2.25. The quantitative estimate of drug-likeness (QED) is 0.865. The van der Waals surface area contributed by atoms with E-state index in [1.54, 1.807) is 6.07 Å². The van der Waals surface area contributed by atoms with Crippen molar-refractivity contribution in [2.75, 3.05) is 0 Å². The number of allylic oxidation sites excluding steroid dienone is 2. The third-order valence-electron chi connectivity index (χ3n) is 2.92. The summed E-state index contributed by atoms with van der Waals surface area (Å²) in [6.07, 6.45) is 1.22. The predicted octanol–water partition coefficient (Wildman–Crippen LogP) is 2.53. The second-order valence-corrected chi connectivity index (χ2v) is 4.17. The van der Waals surface area contributed by atoms with E-state index < -0.39 is 0 Å². The van der Waals surface area contributed by atoms with Gasteiger partial charge in [-0.05, 0) is 24.5 Å². The predicted molar refractivity (Wildman–Crippen MR) is 66.4 cm³/mol. The van der Waals surface area contributed by atoms with Gasteiger partial charge in [0.2, 0.25) is 11.7 Å². The van der Waals surface area contributed by atoms with E-state index in [1.807, 2.05) is 32.0 Å². The number of ketones is 1. The Labute approximate surface area is 101 Å². The van der Waals surface area contributed by atoms with Gasteiger partial charge in [-0.15, -0.1) is 0 Å². The molecule has 0 atom stereocenters. The summed E-state index contributed by atoms with van der Waals surface area (Å²) in [6, 6.07) is 7.43. The third kappa shape index (κ3) is 2.00. The molecule has 0 aromatic heterocycles. The Balaban J connectivity index is 2.29. The number of nitrogens with one attached hydrogen (secondary N) is 1. The first-order chi connectivity index (χ1) is 8.15. The average molecular weight is 229 g/mol. The molecule has 1 aliphatic rings. The van der Waals surface area contributed by atoms with Crippen LogP contribution in [0.3, 0.4) is 0 Å². The van der Waals surface area contributed by atoms with Gasteiger partial charge in [-0.25, -0.2) is 0 Å². The van der Waals surface area contributed by atoms with E-state index >= 15 is 0 Å². The maximum absolute atomic E-state index is 12.1. The minimum atomic E-state index is -0.0944. The molecular weight excluding hydrogens is 214 g/mol. The van der Waals surface area contributed by atoms with Gasteiger partial charge >= 0.3 is 0 Å². The molecule has 1 amide bonds. The topological polar surface area (TPSA) is 46.2 Å². The molecule has 88 valence electrons. The molecule has 1 aliphatic carbocycles. The van der Waals surface area contributed by atoms with E-state index in [2.05, 4.69) is 5.32 Å². The maximum Gasteiger partial charge on any atom is 0.224 e. The zero-order valence-corrected chi connectivity index (χ0v) is 10.0. The fraction of sp³-hybridized carbons (Fsp3) is 0.286. The zero-order valence-electron chi connectivity index (χ0n) is 10.0. The van der Waals surface area contributed by atoms with Crippen molar-refractivity contribution < 1.29 is 9.59 Å². The smallest absolute Gasteiger partial charge is 0.224 e. The molecule has 1 aromatic carbocycles. The summed E-state index contributed by atoms with van der Waals surface area (Å²) < 4.78 is 0. The van der Waals surface area contributed by atoms with Crippen LogP contribution in [-0.4, -0.2) is 11.7 Å². The number of hydrogen-bond acceptors (Lipinski definition) is 2. The highest BCUT2D eigenvalue weighted by Crippen LogP contribution is 2.30. The summed E-state index contributed by atoms with van der Waals surface area (Å²) in [5, 5.41) is 2.72. The van der Waals surface area contributed by atoms with Crippen LogP contribution in [-0.2, 0) is 4.79 Å². The molecule has 0 saturated heterocycles. The Morgan fingerprint density at radius 1 is 1.24 bits per heavy atom. The van der Waals surface area contributed by atoms with Crippen molar-refractivity contribution in [3.63, 3.8) is 0 Å². The van der Waals surface area contributed by atoms with E-state index in [0.29, 0.717) is 17.7 Å². The fourth-order valence-electron chi connectivity index (χ4n) is 2.03. The SMILES string of the molecule is CCCC(=O)NC1=C(C)c2ccccc2C1=O. The van der Waals surface area contributed by atoms with Crippen LogP contribution in [0.25, 0.3) is 5.57 Å². The Bertz CT molecular complexity index is 515. The molecule has 0 saturated carbocycles. The van der Waals surface area contributed by atoms with E-state index in [1.165, 1.54) is 0 Å². The summed E-state index contributed by atoms with van der Waals surface area (Å²) in [5.74, 6) is -0.175. The number of carbonyl (C=O) groups is 2. The van der Waals surface area contributed by atoms with Crippen LogP contribution in [0.5, 0.6) is 0 Å². The normalized spacial score (nSPS) is 13.9. The van der Waals surface area contributed by atoms with Crippen LogP contribution >= 0.6 is 0 Å². The van der Waals surface area contributed by atoms with Crippen LogP contribution in [0.4, 0.5) is 0 Å². The lowest BCUT2D eigenvalue weighted by molar-refractivity contribution is -0.120. The highest BCUT2D eigenvalue weighted by atomic mass is 16.2. The average Bonchev–Trinajstić information content (AvgIpc) is 2.56. The monoisotopic (exact) mass is 229 g/mol. The van der Waals surface area contributed by atoms with Gasteiger partial charge in [-0.3, -0.25) is 9.59 Å². The number of Topliss-reactive ketones (excluding diaryl/α,β-unsaturated/α-hetero) is 1. The van der Waals surface area contributed by atoms with Crippen molar-refractivity contribution in [1.29, 1.82) is 0 Å². The standard InChI is InChI=1S/C14H15NO2/c1-3-6-12(16)15-13-9(2)10-7-4-5-8-11(10)14(13)17/h4-5,7-8H,3,6H2,1-2H3,(H,15,16,17). The summed E-state index contributed by atoms with van der Waals surface area (Å²) in [6.45, 7) is 3.80. The molecule has 2 rings (SSSR count). The van der Waals surface area contributed by atoms with Crippen LogP contribution in [0.1, 0.15) is 42.6 Å². The van der Waals surface area contributed by atoms with Crippen molar-refractivity contribution in [3.8, 4) is 0 Å². The van der Waals surface area contributed by atoms with Crippen LogP contribution < -0.4 is 5.32 Å². The lowest BCUT2D eigenvalue weighted by Gasteiger charge is -2.05. The van der Waals surface area contributed by atoms with Crippen molar-refractivity contribution in [1.82, 2.24) is 5.32 Å². The highest BCUT2D eigenvalue weighted by molar-refractivity contribution is 6.21. The number of fused-ring (bicyclic) bond motifs is 1. The molecule has 0 bridgehead atoms.